The molecule has 0 spiro atoms. The van der Waals surface area contributed by atoms with E-state index in [-0.39, 0.29) is 11.3 Å². The Morgan fingerprint density at radius 1 is 0.950 bits per heavy atom. The van der Waals surface area contributed by atoms with Crippen LogP contribution in [0.3, 0.4) is 0 Å². The lowest BCUT2D eigenvalue weighted by atomic mass is 10.1. The van der Waals surface area contributed by atoms with Gasteiger partial charge in [0.1, 0.15) is 5.75 Å². The standard InChI is InChI=1S/C15H14N2O3/c1-9-10(2)14(18)8-7-13(9)17-16-12-5-3-11(4-6-12)15(19)20/h3-8,18H,1-2H3,(H,19,20). The fourth-order valence-corrected chi connectivity index (χ4v) is 1.68. The third-order valence-corrected chi connectivity index (χ3v) is 3.12. The lowest BCUT2D eigenvalue weighted by Gasteiger charge is -2.05. The van der Waals surface area contributed by atoms with Gasteiger partial charge in [-0.1, -0.05) is 0 Å². The second kappa shape index (κ2) is 5.52. The van der Waals surface area contributed by atoms with E-state index in [1.54, 1.807) is 24.3 Å². The summed E-state index contributed by atoms with van der Waals surface area (Å²) in [4.78, 5) is 10.7. The second-order valence-corrected chi connectivity index (χ2v) is 4.41. The van der Waals surface area contributed by atoms with Gasteiger partial charge in [-0.25, -0.2) is 4.79 Å². The summed E-state index contributed by atoms with van der Waals surface area (Å²) in [7, 11) is 0. The number of phenols is 1. The zero-order valence-corrected chi connectivity index (χ0v) is 11.2. The summed E-state index contributed by atoms with van der Waals surface area (Å²) in [5.74, 6) is -0.745. The average Bonchev–Trinajstić information content (AvgIpc) is 2.44. The van der Waals surface area contributed by atoms with E-state index in [0.717, 1.165) is 11.1 Å². The number of aromatic carboxylic acids is 1. The van der Waals surface area contributed by atoms with E-state index < -0.39 is 5.97 Å². The summed E-state index contributed by atoms with van der Waals surface area (Å²) in [6.07, 6.45) is 0. The number of carboxylic acids is 1. The van der Waals surface area contributed by atoms with Crippen LogP contribution in [-0.4, -0.2) is 16.2 Å². The molecule has 5 nitrogen and oxygen atoms in total. The number of hydrogen-bond donors (Lipinski definition) is 2. The maximum Gasteiger partial charge on any atom is 0.335 e. The van der Waals surface area contributed by atoms with Crippen molar-refractivity contribution in [2.45, 2.75) is 13.8 Å². The Bertz CT molecular complexity index is 676. The molecule has 102 valence electrons. The van der Waals surface area contributed by atoms with Crippen LogP contribution in [0.2, 0.25) is 0 Å². The number of phenolic OH excluding ortho intramolecular Hbond substituents is 1. The van der Waals surface area contributed by atoms with Crippen molar-refractivity contribution < 1.29 is 15.0 Å². The number of rotatable bonds is 3. The minimum absolute atomic E-state index is 0.209. The minimum atomic E-state index is -0.974. The lowest BCUT2D eigenvalue weighted by molar-refractivity contribution is 0.0697. The van der Waals surface area contributed by atoms with Gasteiger partial charge in [-0.2, -0.15) is 10.2 Å². The summed E-state index contributed by atoms with van der Waals surface area (Å²) in [5.41, 5.74) is 3.07. The van der Waals surface area contributed by atoms with Crippen LogP contribution in [-0.2, 0) is 0 Å². The molecule has 5 heteroatoms. The van der Waals surface area contributed by atoms with E-state index in [9.17, 15) is 9.90 Å². The molecule has 0 saturated heterocycles. The molecule has 0 atom stereocenters. The largest absolute Gasteiger partial charge is 0.508 e. The van der Waals surface area contributed by atoms with Gasteiger partial charge in [0, 0.05) is 0 Å². The van der Waals surface area contributed by atoms with Crippen molar-refractivity contribution in [3.8, 4) is 5.75 Å². The molecular formula is C15H14N2O3. The van der Waals surface area contributed by atoms with Crippen LogP contribution in [0.15, 0.2) is 46.6 Å². The van der Waals surface area contributed by atoms with Crippen molar-refractivity contribution in [3.05, 3.63) is 53.1 Å². The second-order valence-electron chi connectivity index (χ2n) is 4.41. The lowest BCUT2D eigenvalue weighted by Crippen LogP contribution is -1.93. The van der Waals surface area contributed by atoms with E-state index in [1.165, 1.54) is 12.1 Å². The highest BCUT2D eigenvalue weighted by Crippen LogP contribution is 2.29. The van der Waals surface area contributed by atoms with Crippen LogP contribution >= 0.6 is 0 Å². The molecule has 0 heterocycles. The molecule has 2 aromatic rings. The van der Waals surface area contributed by atoms with Crippen molar-refractivity contribution in [3.63, 3.8) is 0 Å². The number of carboxylic acid groups (broad SMARTS) is 1. The molecule has 0 aliphatic rings. The molecule has 0 radical (unpaired) electrons. The quantitative estimate of drug-likeness (QED) is 0.823. The fourth-order valence-electron chi connectivity index (χ4n) is 1.68. The Labute approximate surface area is 116 Å². The molecule has 0 aliphatic heterocycles. The summed E-state index contributed by atoms with van der Waals surface area (Å²) >= 11 is 0. The molecule has 0 saturated carbocycles. The molecule has 0 bridgehead atoms. The number of hydrogen-bond acceptors (Lipinski definition) is 4. The Morgan fingerprint density at radius 3 is 2.20 bits per heavy atom. The molecule has 0 aliphatic carbocycles. The van der Waals surface area contributed by atoms with Crippen LogP contribution in [0.4, 0.5) is 11.4 Å². The van der Waals surface area contributed by atoms with Crippen LogP contribution in [0.1, 0.15) is 21.5 Å². The van der Waals surface area contributed by atoms with Crippen molar-refractivity contribution in [1.29, 1.82) is 0 Å². The monoisotopic (exact) mass is 270 g/mol. The van der Waals surface area contributed by atoms with E-state index in [4.69, 9.17) is 5.11 Å². The molecule has 20 heavy (non-hydrogen) atoms. The first kappa shape index (κ1) is 13.7. The summed E-state index contributed by atoms with van der Waals surface area (Å²) in [6.45, 7) is 3.67. The fraction of sp³-hybridized carbons (Fsp3) is 0.133. The predicted molar refractivity (Wildman–Crippen MR) is 75.2 cm³/mol. The molecule has 0 aromatic heterocycles. The van der Waals surface area contributed by atoms with Gasteiger partial charge in [0.25, 0.3) is 0 Å². The molecule has 0 amide bonds. The Balaban J connectivity index is 2.25. The molecule has 2 N–H and O–H groups in total. The van der Waals surface area contributed by atoms with Crippen LogP contribution in [0.5, 0.6) is 5.75 Å². The van der Waals surface area contributed by atoms with Crippen molar-refractivity contribution in [1.82, 2.24) is 0 Å². The van der Waals surface area contributed by atoms with Gasteiger partial charge in [-0.05, 0) is 61.4 Å². The number of aromatic hydroxyl groups is 1. The van der Waals surface area contributed by atoms with E-state index in [1.807, 2.05) is 13.8 Å². The SMILES string of the molecule is Cc1c(O)ccc(N=Nc2ccc(C(=O)O)cc2)c1C. The third kappa shape index (κ3) is 2.83. The number of benzene rings is 2. The zero-order valence-electron chi connectivity index (χ0n) is 11.2. The van der Waals surface area contributed by atoms with Gasteiger partial charge >= 0.3 is 5.97 Å². The van der Waals surface area contributed by atoms with E-state index in [0.29, 0.717) is 11.4 Å². The maximum absolute atomic E-state index is 10.7. The molecule has 0 fully saturated rings. The Morgan fingerprint density at radius 2 is 1.60 bits per heavy atom. The first-order valence-electron chi connectivity index (χ1n) is 6.03. The smallest absolute Gasteiger partial charge is 0.335 e. The van der Waals surface area contributed by atoms with Gasteiger partial charge < -0.3 is 10.2 Å². The molecule has 2 rings (SSSR count). The topological polar surface area (TPSA) is 82.2 Å². The average molecular weight is 270 g/mol. The zero-order chi connectivity index (χ0) is 14.7. The normalized spacial score (nSPS) is 10.9. The van der Waals surface area contributed by atoms with Crippen LogP contribution in [0, 0.1) is 13.8 Å². The van der Waals surface area contributed by atoms with Gasteiger partial charge in [-0.15, -0.1) is 0 Å². The highest BCUT2D eigenvalue weighted by atomic mass is 16.4. The number of azo groups is 1. The molecule has 2 aromatic carbocycles. The summed E-state index contributed by atoms with van der Waals surface area (Å²) < 4.78 is 0. The van der Waals surface area contributed by atoms with Gasteiger partial charge in [-0.3, -0.25) is 0 Å². The highest BCUT2D eigenvalue weighted by molar-refractivity contribution is 5.87. The van der Waals surface area contributed by atoms with Crippen LogP contribution in [0.25, 0.3) is 0 Å². The number of nitrogens with zero attached hydrogens (tertiary/aromatic N) is 2. The molecule has 0 unspecified atom stereocenters. The van der Waals surface area contributed by atoms with Crippen molar-refractivity contribution in [2.24, 2.45) is 10.2 Å². The first-order chi connectivity index (χ1) is 9.49. The molecular weight excluding hydrogens is 256 g/mol. The first-order valence-corrected chi connectivity index (χ1v) is 6.03. The van der Waals surface area contributed by atoms with E-state index in [2.05, 4.69) is 10.2 Å². The summed E-state index contributed by atoms with van der Waals surface area (Å²) in [6, 6.07) is 9.40. The Hall–Kier alpha value is -2.69. The summed E-state index contributed by atoms with van der Waals surface area (Å²) in [5, 5.41) is 26.5. The van der Waals surface area contributed by atoms with Gasteiger partial charge in [0.05, 0.1) is 16.9 Å². The van der Waals surface area contributed by atoms with Gasteiger partial charge in [0.2, 0.25) is 0 Å². The van der Waals surface area contributed by atoms with Crippen molar-refractivity contribution >= 4 is 17.3 Å². The van der Waals surface area contributed by atoms with Crippen LogP contribution < -0.4 is 0 Å². The number of carbonyl (C=O) groups is 1. The Kier molecular flexibility index (Phi) is 3.79. The highest BCUT2D eigenvalue weighted by Gasteiger charge is 2.05. The van der Waals surface area contributed by atoms with Gasteiger partial charge in [0.15, 0.2) is 0 Å². The van der Waals surface area contributed by atoms with E-state index >= 15 is 0 Å². The third-order valence-electron chi connectivity index (χ3n) is 3.12. The minimum Gasteiger partial charge on any atom is -0.508 e. The maximum atomic E-state index is 10.7. The predicted octanol–water partition coefficient (Wildman–Crippen LogP) is 4.12. The van der Waals surface area contributed by atoms with Crippen molar-refractivity contribution in [2.75, 3.05) is 0 Å².